The van der Waals surface area contributed by atoms with Crippen molar-refractivity contribution in [1.82, 2.24) is 20.1 Å². The highest BCUT2D eigenvalue weighted by Gasteiger charge is 2.22. The Balaban J connectivity index is 1.53. The maximum atomic E-state index is 12.0. The molecule has 0 bridgehead atoms. The van der Waals surface area contributed by atoms with E-state index in [9.17, 15) is 4.79 Å². The molecule has 118 valence electrons. The molecule has 3 rings (SSSR count). The van der Waals surface area contributed by atoms with Crippen LogP contribution in [0.4, 0.5) is 0 Å². The first-order chi connectivity index (χ1) is 10.6. The van der Waals surface area contributed by atoms with E-state index in [0.29, 0.717) is 6.54 Å². The number of nitrogens with zero attached hydrogens (tertiary/aromatic N) is 3. The van der Waals surface area contributed by atoms with Crippen molar-refractivity contribution in [3.05, 3.63) is 28.5 Å². The van der Waals surface area contributed by atoms with Crippen molar-refractivity contribution in [1.29, 1.82) is 0 Å². The van der Waals surface area contributed by atoms with Gasteiger partial charge in [0.1, 0.15) is 0 Å². The van der Waals surface area contributed by atoms with Gasteiger partial charge in [0.25, 0.3) is 0 Å². The molecule has 1 aliphatic carbocycles. The SMILES string of the molecule is Cc1cc(C)n(-c2nc(CCNC(=O)C3CCCC3)cs2)n1. The Morgan fingerprint density at radius 2 is 2.18 bits per heavy atom. The fourth-order valence-electron chi connectivity index (χ4n) is 2.98. The molecule has 22 heavy (non-hydrogen) atoms. The van der Waals surface area contributed by atoms with Crippen LogP contribution in [0.3, 0.4) is 0 Å². The molecule has 6 heteroatoms. The van der Waals surface area contributed by atoms with Gasteiger partial charge < -0.3 is 5.32 Å². The number of carbonyl (C=O) groups excluding carboxylic acids is 1. The molecule has 1 N–H and O–H groups in total. The predicted octanol–water partition coefficient (Wildman–Crippen LogP) is 2.79. The van der Waals surface area contributed by atoms with Gasteiger partial charge in [-0.25, -0.2) is 9.67 Å². The fraction of sp³-hybridized carbons (Fsp3) is 0.562. The molecule has 1 amide bonds. The van der Waals surface area contributed by atoms with E-state index in [2.05, 4.69) is 15.4 Å². The van der Waals surface area contributed by atoms with Crippen molar-refractivity contribution in [3.63, 3.8) is 0 Å². The van der Waals surface area contributed by atoms with Crippen molar-refractivity contribution in [2.75, 3.05) is 6.54 Å². The van der Waals surface area contributed by atoms with Crippen LogP contribution in [0.5, 0.6) is 0 Å². The van der Waals surface area contributed by atoms with E-state index in [4.69, 9.17) is 0 Å². The predicted molar refractivity (Wildman–Crippen MR) is 87.4 cm³/mol. The summed E-state index contributed by atoms with van der Waals surface area (Å²) in [5.74, 6) is 0.451. The van der Waals surface area contributed by atoms with Crippen molar-refractivity contribution in [2.24, 2.45) is 5.92 Å². The molecular formula is C16H22N4OS. The molecule has 2 heterocycles. The number of hydrogen-bond acceptors (Lipinski definition) is 4. The fourth-order valence-corrected chi connectivity index (χ4v) is 3.84. The van der Waals surface area contributed by atoms with Crippen molar-refractivity contribution in [2.45, 2.75) is 46.0 Å². The van der Waals surface area contributed by atoms with Gasteiger partial charge in [-0.15, -0.1) is 11.3 Å². The topological polar surface area (TPSA) is 59.8 Å². The Labute approximate surface area is 134 Å². The summed E-state index contributed by atoms with van der Waals surface area (Å²) in [5.41, 5.74) is 3.10. The molecule has 1 aliphatic rings. The van der Waals surface area contributed by atoms with E-state index in [0.717, 1.165) is 41.5 Å². The zero-order chi connectivity index (χ0) is 15.5. The van der Waals surface area contributed by atoms with Crippen LogP contribution >= 0.6 is 11.3 Å². The average Bonchev–Trinajstić information content (AvgIpc) is 3.20. The van der Waals surface area contributed by atoms with E-state index in [-0.39, 0.29) is 11.8 Å². The monoisotopic (exact) mass is 318 g/mol. The molecule has 0 spiro atoms. The van der Waals surface area contributed by atoms with Crippen molar-refractivity contribution >= 4 is 17.2 Å². The Kier molecular flexibility index (Phi) is 4.57. The Morgan fingerprint density at radius 1 is 1.41 bits per heavy atom. The van der Waals surface area contributed by atoms with E-state index >= 15 is 0 Å². The highest BCUT2D eigenvalue weighted by atomic mass is 32.1. The molecule has 0 aliphatic heterocycles. The van der Waals surface area contributed by atoms with Crippen LogP contribution in [0.15, 0.2) is 11.4 Å². The smallest absolute Gasteiger partial charge is 0.223 e. The molecule has 0 atom stereocenters. The van der Waals surface area contributed by atoms with Gasteiger partial charge in [0, 0.05) is 30.0 Å². The minimum absolute atomic E-state index is 0.214. The van der Waals surface area contributed by atoms with Gasteiger partial charge in [0.2, 0.25) is 11.0 Å². The molecule has 2 aromatic rings. The van der Waals surface area contributed by atoms with Gasteiger partial charge in [-0.05, 0) is 32.8 Å². The number of thiazole rings is 1. The molecule has 0 saturated heterocycles. The van der Waals surface area contributed by atoms with Crippen LogP contribution in [-0.4, -0.2) is 27.2 Å². The van der Waals surface area contributed by atoms with Crippen molar-refractivity contribution < 1.29 is 4.79 Å². The molecule has 0 radical (unpaired) electrons. The lowest BCUT2D eigenvalue weighted by atomic mass is 10.1. The normalized spacial score (nSPS) is 15.4. The summed E-state index contributed by atoms with van der Waals surface area (Å²) >= 11 is 1.59. The minimum atomic E-state index is 0.214. The summed E-state index contributed by atoms with van der Waals surface area (Å²) < 4.78 is 1.88. The highest BCUT2D eigenvalue weighted by Crippen LogP contribution is 2.24. The third-order valence-corrected chi connectivity index (χ3v) is 5.00. The minimum Gasteiger partial charge on any atom is -0.355 e. The summed E-state index contributed by atoms with van der Waals surface area (Å²) in [5, 5.41) is 10.4. The van der Waals surface area contributed by atoms with E-state index < -0.39 is 0 Å². The van der Waals surface area contributed by atoms with Gasteiger partial charge >= 0.3 is 0 Å². The van der Waals surface area contributed by atoms with E-state index in [1.165, 1.54) is 12.8 Å². The molecule has 1 fully saturated rings. The largest absolute Gasteiger partial charge is 0.355 e. The molecule has 0 aromatic carbocycles. The summed E-state index contributed by atoms with van der Waals surface area (Å²) in [6, 6.07) is 2.04. The van der Waals surface area contributed by atoms with Gasteiger partial charge in [0.15, 0.2) is 0 Å². The van der Waals surface area contributed by atoms with Crippen LogP contribution in [0.2, 0.25) is 0 Å². The zero-order valence-electron chi connectivity index (χ0n) is 13.1. The quantitative estimate of drug-likeness (QED) is 0.922. The number of aromatic nitrogens is 3. The molecule has 1 saturated carbocycles. The molecule has 0 unspecified atom stereocenters. The number of nitrogens with one attached hydrogen (secondary N) is 1. The number of aryl methyl sites for hydroxylation is 2. The zero-order valence-corrected chi connectivity index (χ0v) is 13.9. The lowest BCUT2D eigenvalue weighted by Crippen LogP contribution is -2.30. The van der Waals surface area contributed by atoms with Gasteiger partial charge in [-0.3, -0.25) is 4.79 Å². The second-order valence-corrected chi connectivity index (χ2v) is 6.82. The van der Waals surface area contributed by atoms with E-state index in [1.54, 1.807) is 11.3 Å². The van der Waals surface area contributed by atoms with Gasteiger partial charge in [0.05, 0.1) is 11.4 Å². The first-order valence-electron chi connectivity index (χ1n) is 7.89. The molecular weight excluding hydrogens is 296 g/mol. The van der Waals surface area contributed by atoms with Gasteiger partial charge in [-0.2, -0.15) is 5.10 Å². The standard InChI is InChI=1S/C16H22N4OS/c1-11-9-12(2)20(19-11)16-18-14(10-22-16)7-8-17-15(21)13-5-3-4-6-13/h9-10,13H,3-8H2,1-2H3,(H,17,21). The third kappa shape index (κ3) is 3.38. The van der Waals surface area contributed by atoms with Crippen LogP contribution in [0.1, 0.15) is 42.8 Å². The number of carbonyl (C=O) groups is 1. The Bertz CT molecular complexity index is 655. The summed E-state index contributed by atoms with van der Waals surface area (Å²) in [7, 11) is 0. The maximum Gasteiger partial charge on any atom is 0.223 e. The van der Waals surface area contributed by atoms with Crippen LogP contribution in [0.25, 0.3) is 5.13 Å². The van der Waals surface area contributed by atoms with E-state index in [1.807, 2.05) is 30.0 Å². The lowest BCUT2D eigenvalue weighted by Gasteiger charge is -2.09. The van der Waals surface area contributed by atoms with Crippen LogP contribution < -0.4 is 5.32 Å². The number of amides is 1. The second-order valence-electron chi connectivity index (χ2n) is 5.98. The van der Waals surface area contributed by atoms with Gasteiger partial charge in [-0.1, -0.05) is 12.8 Å². The third-order valence-electron chi connectivity index (χ3n) is 4.14. The van der Waals surface area contributed by atoms with Crippen LogP contribution in [-0.2, 0) is 11.2 Å². The summed E-state index contributed by atoms with van der Waals surface area (Å²) in [6.45, 7) is 4.68. The first kappa shape index (κ1) is 15.2. The first-order valence-corrected chi connectivity index (χ1v) is 8.77. The maximum absolute atomic E-state index is 12.0. The summed E-state index contributed by atoms with van der Waals surface area (Å²) in [6.07, 6.45) is 5.25. The summed E-state index contributed by atoms with van der Waals surface area (Å²) in [4.78, 5) is 16.6. The second kappa shape index (κ2) is 6.60. The molecule has 2 aromatic heterocycles. The number of rotatable bonds is 5. The highest BCUT2D eigenvalue weighted by molar-refractivity contribution is 7.12. The lowest BCUT2D eigenvalue weighted by molar-refractivity contribution is -0.124. The van der Waals surface area contributed by atoms with Crippen molar-refractivity contribution in [3.8, 4) is 5.13 Å². The Morgan fingerprint density at radius 3 is 2.86 bits per heavy atom. The average molecular weight is 318 g/mol. The Hall–Kier alpha value is -1.69. The molecule has 5 nitrogen and oxygen atoms in total. The number of hydrogen-bond donors (Lipinski definition) is 1. The van der Waals surface area contributed by atoms with Crippen LogP contribution in [0, 0.1) is 19.8 Å².